The van der Waals surface area contributed by atoms with E-state index in [1.165, 1.54) is 5.56 Å². The highest BCUT2D eigenvalue weighted by atomic mass is 32.2. The lowest BCUT2D eigenvalue weighted by Gasteiger charge is -2.20. The average molecular weight is 448 g/mol. The van der Waals surface area contributed by atoms with Crippen molar-refractivity contribution < 1.29 is 4.79 Å². The van der Waals surface area contributed by atoms with E-state index in [9.17, 15) is 4.79 Å². The van der Waals surface area contributed by atoms with Crippen molar-refractivity contribution in [2.45, 2.75) is 44.4 Å². The largest absolute Gasteiger partial charge is 0.278 e. The first kappa shape index (κ1) is 21.5. The van der Waals surface area contributed by atoms with Crippen LogP contribution in [0.5, 0.6) is 0 Å². The number of amides is 1. The molecule has 0 bridgehead atoms. The highest BCUT2D eigenvalue weighted by molar-refractivity contribution is 7.99. The molecule has 0 spiro atoms. The number of carbonyl (C=O) groups excluding carboxylic acids is 1. The van der Waals surface area contributed by atoms with Gasteiger partial charge in [-0.25, -0.2) is 4.98 Å². The number of hydrogen-bond acceptors (Lipinski definition) is 5. The van der Waals surface area contributed by atoms with Crippen molar-refractivity contribution in [2.24, 2.45) is 0 Å². The first-order valence-corrected chi connectivity index (χ1v) is 12.0. The number of thiazole rings is 1. The molecule has 4 aromatic rings. The number of anilines is 1. The lowest BCUT2D eigenvalue weighted by atomic mass is 10.1. The molecule has 0 N–H and O–H groups in total. The summed E-state index contributed by atoms with van der Waals surface area (Å²) in [4.78, 5) is 25.8. The van der Waals surface area contributed by atoms with Crippen LogP contribution in [0.3, 0.4) is 0 Å². The monoisotopic (exact) mass is 447 g/mol. The van der Waals surface area contributed by atoms with Crippen molar-refractivity contribution in [1.29, 1.82) is 0 Å². The Morgan fingerprint density at radius 1 is 1.03 bits per heavy atom. The van der Waals surface area contributed by atoms with Gasteiger partial charge in [-0.2, -0.15) is 0 Å². The fraction of sp³-hybridized carbons (Fsp3) is 0.240. The summed E-state index contributed by atoms with van der Waals surface area (Å²) in [7, 11) is 0. The van der Waals surface area contributed by atoms with E-state index in [0.717, 1.165) is 26.4 Å². The molecule has 0 aliphatic heterocycles. The summed E-state index contributed by atoms with van der Waals surface area (Å²) in [5.41, 5.74) is 4.72. The molecule has 0 aliphatic carbocycles. The van der Waals surface area contributed by atoms with Crippen LogP contribution in [0.1, 0.15) is 41.0 Å². The first-order valence-electron chi connectivity index (χ1n) is 10.3. The third-order valence-corrected chi connectivity index (χ3v) is 7.16. The average Bonchev–Trinajstić information content (AvgIpc) is 3.22. The summed E-state index contributed by atoms with van der Waals surface area (Å²) in [5, 5.41) is 1.19. The molecule has 1 amide bonds. The van der Waals surface area contributed by atoms with Crippen molar-refractivity contribution in [3.05, 3.63) is 83.2 Å². The Labute approximate surface area is 191 Å². The van der Waals surface area contributed by atoms with Gasteiger partial charge in [0.1, 0.15) is 0 Å². The summed E-state index contributed by atoms with van der Waals surface area (Å²) < 4.78 is 1.12. The molecule has 2 aromatic heterocycles. The van der Waals surface area contributed by atoms with Gasteiger partial charge >= 0.3 is 0 Å². The summed E-state index contributed by atoms with van der Waals surface area (Å²) in [5.74, 6) is -0.0684. The van der Waals surface area contributed by atoms with E-state index >= 15 is 0 Å². The summed E-state index contributed by atoms with van der Waals surface area (Å²) in [6.45, 7) is 8.84. The van der Waals surface area contributed by atoms with E-state index in [1.807, 2.05) is 42.5 Å². The zero-order valence-corrected chi connectivity index (χ0v) is 19.8. The van der Waals surface area contributed by atoms with Crippen molar-refractivity contribution in [2.75, 3.05) is 4.90 Å². The lowest BCUT2D eigenvalue weighted by molar-refractivity contribution is 0.0984. The Kier molecular flexibility index (Phi) is 6.39. The Bertz CT molecular complexity index is 1160. The molecule has 0 fully saturated rings. The van der Waals surface area contributed by atoms with Gasteiger partial charge in [0.25, 0.3) is 5.91 Å². The van der Waals surface area contributed by atoms with Gasteiger partial charge in [-0.1, -0.05) is 43.4 Å². The van der Waals surface area contributed by atoms with Crippen LogP contribution < -0.4 is 4.90 Å². The summed E-state index contributed by atoms with van der Waals surface area (Å²) in [6.07, 6.45) is 1.75. The van der Waals surface area contributed by atoms with Crippen LogP contribution in [0.4, 0.5) is 5.13 Å². The molecule has 0 radical (unpaired) electrons. The van der Waals surface area contributed by atoms with E-state index in [4.69, 9.17) is 4.98 Å². The molecule has 0 saturated heterocycles. The summed E-state index contributed by atoms with van der Waals surface area (Å²) in [6, 6.07) is 17.8. The predicted molar refractivity (Wildman–Crippen MR) is 131 cm³/mol. The molecule has 2 aromatic carbocycles. The predicted octanol–water partition coefficient (Wildman–Crippen LogP) is 6.66. The fourth-order valence-electron chi connectivity index (χ4n) is 3.35. The second-order valence-electron chi connectivity index (χ2n) is 7.78. The number of thioether (sulfide) groups is 1. The number of fused-ring (bicyclic) bond motifs is 1. The molecule has 0 atom stereocenters. The van der Waals surface area contributed by atoms with Gasteiger partial charge in [0.05, 0.1) is 22.5 Å². The van der Waals surface area contributed by atoms with Gasteiger partial charge in [0, 0.05) is 21.9 Å². The molecule has 0 aliphatic rings. The van der Waals surface area contributed by atoms with Crippen molar-refractivity contribution in [1.82, 2.24) is 9.97 Å². The minimum absolute atomic E-state index is 0.0684. The number of aromatic nitrogens is 2. The smallest absolute Gasteiger partial charge is 0.260 e. The number of benzene rings is 2. The van der Waals surface area contributed by atoms with Crippen LogP contribution in [0.2, 0.25) is 0 Å². The fourth-order valence-corrected chi connectivity index (χ4v) is 5.29. The Balaban J connectivity index is 1.73. The molecule has 0 unspecified atom stereocenters. The molecular weight excluding hydrogens is 422 g/mol. The molecule has 6 heteroatoms. The number of aryl methyl sites for hydroxylation is 2. The lowest BCUT2D eigenvalue weighted by Crippen LogP contribution is -2.30. The molecule has 158 valence electrons. The Morgan fingerprint density at radius 3 is 2.42 bits per heavy atom. The van der Waals surface area contributed by atoms with E-state index in [-0.39, 0.29) is 5.91 Å². The highest BCUT2D eigenvalue weighted by Crippen LogP contribution is 2.34. The van der Waals surface area contributed by atoms with Crippen LogP contribution in [0, 0.1) is 13.8 Å². The van der Waals surface area contributed by atoms with E-state index in [1.54, 1.807) is 34.2 Å². The molecule has 4 nitrogen and oxygen atoms in total. The molecule has 0 saturated carbocycles. The quantitative estimate of drug-likeness (QED) is 0.310. The minimum Gasteiger partial charge on any atom is -0.278 e. The maximum Gasteiger partial charge on any atom is 0.260 e. The van der Waals surface area contributed by atoms with E-state index in [2.05, 4.69) is 44.8 Å². The highest BCUT2D eigenvalue weighted by Gasteiger charge is 2.23. The van der Waals surface area contributed by atoms with E-state index < -0.39 is 0 Å². The third kappa shape index (κ3) is 4.81. The maximum absolute atomic E-state index is 13.6. The Hall–Kier alpha value is -2.70. The van der Waals surface area contributed by atoms with Crippen molar-refractivity contribution >= 4 is 44.4 Å². The van der Waals surface area contributed by atoms with Crippen LogP contribution in [-0.2, 0) is 6.54 Å². The number of hydrogen-bond donors (Lipinski definition) is 0. The van der Waals surface area contributed by atoms with E-state index in [0.29, 0.717) is 22.5 Å². The van der Waals surface area contributed by atoms with Gasteiger partial charge in [-0.05, 0) is 61.4 Å². The van der Waals surface area contributed by atoms with Crippen LogP contribution in [0.25, 0.3) is 10.2 Å². The normalized spacial score (nSPS) is 11.3. The number of rotatable bonds is 6. The standard InChI is InChI=1S/C25H25N3OS2/c1-16(2)30-21-12-10-19(11-13-21)24(29)28(15-20-7-5-6-14-26-20)25-27-22-17(3)8-9-18(4)23(22)31-25/h5-14,16H,15H2,1-4H3. The van der Waals surface area contributed by atoms with Gasteiger partial charge in [0.2, 0.25) is 0 Å². The van der Waals surface area contributed by atoms with Crippen LogP contribution in [-0.4, -0.2) is 21.1 Å². The molecular formula is C25H25N3OS2. The first-order chi connectivity index (χ1) is 14.9. The SMILES string of the molecule is Cc1ccc(C)c2sc(N(Cc3ccccn3)C(=O)c3ccc(SC(C)C)cc3)nc12. The zero-order valence-electron chi connectivity index (χ0n) is 18.1. The van der Waals surface area contributed by atoms with Crippen molar-refractivity contribution in [3.63, 3.8) is 0 Å². The molecule has 4 rings (SSSR count). The van der Waals surface area contributed by atoms with Crippen LogP contribution in [0.15, 0.2) is 65.7 Å². The minimum atomic E-state index is -0.0684. The number of pyridine rings is 1. The number of carbonyl (C=O) groups is 1. The third-order valence-electron chi connectivity index (χ3n) is 4.93. The van der Waals surface area contributed by atoms with Gasteiger partial charge in [-0.15, -0.1) is 11.8 Å². The maximum atomic E-state index is 13.6. The molecule has 31 heavy (non-hydrogen) atoms. The van der Waals surface area contributed by atoms with Gasteiger partial charge in [0.15, 0.2) is 5.13 Å². The van der Waals surface area contributed by atoms with Crippen LogP contribution >= 0.6 is 23.1 Å². The number of nitrogens with zero attached hydrogens (tertiary/aromatic N) is 3. The summed E-state index contributed by atoms with van der Waals surface area (Å²) >= 11 is 3.35. The topological polar surface area (TPSA) is 46.1 Å². The second kappa shape index (κ2) is 9.20. The second-order valence-corrected chi connectivity index (χ2v) is 10.4. The van der Waals surface area contributed by atoms with Gasteiger partial charge < -0.3 is 0 Å². The Morgan fingerprint density at radius 2 is 1.77 bits per heavy atom. The molecule has 2 heterocycles. The van der Waals surface area contributed by atoms with Crippen molar-refractivity contribution in [3.8, 4) is 0 Å². The van der Waals surface area contributed by atoms with Gasteiger partial charge in [-0.3, -0.25) is 14.7 Å². The zero-order chi connectivity index (χ0) is 22.0.